The Kier molecular flexibility index (Phi) is 27.8. The number of imidazole rings is 4. The van der Waals surface area contributed by atoms with Crippen LogP contribution in [0.15, 0.2) is 79.1 Å². The van der Waals surface area contributed by atoms with E-state index in [-0.39, 0.29) is 118 Å². The van der Waals surface area contributed by atoms with Crippen LogP contribution in [0, 0.1) is 13.8 Å². The highest BCUT2D eigenvalue weighted by Crippen LogP contribution is 2.58. The number of fused-ring (bicyclic) bond motifs is 4. The molecule has 0 aromatic carbocycles. The largest absolute Gasteiger partial charge is 0.382 e. The molecule has 18 N–H and O–H groups in total. The second-order valence-corrected chi connectivity index (χ2v) is 46.5. The van der Waals surface area contributed by atoms with E-state index in [1.807, 2.05) is 0 Å². The smallest absolute Gasteiger partial charge is 0.330 e. The molecule has 694 valence electrons. The van der Waals surface area contributed by atoms with E-state index in [1.54, 1.807) is 6.92 Å². The van der Waals surface area contributed by atoms with Gasteiger partial charge in [0.05, 0.1) is 101 Å². The standard InChI is InChI=1S/C62H80N24O30P6S6/c1-5-27-28(6-39(105-27)81-12-25(2)55(87)79-61(81)91)112-118(94,124)100-17-37-32(10-43(109-37)85-23-73-47-53(85)75-59(65)77-57(47)89)115-122(98,128)104-18-38-33(11-44(110-38)86-24-74-48-54(86)76-60(66)78-58(48)90)116-121(97,127)103-16-36-31(9-42(108-36)84-22-72-46-50(64)68-20-70-52(46)84)114-120(96,126)102-15-35-30(8-41(107-35)83-21-71-45-49(63)67-19-69-51(45)83)113-119(95,125)101-14-34-29(111-117(93,123)99-4)7-40(106-34)82-13-26(3)56(88)80-62(82)92/h12-13,19-24,27-44H,5-11,14-18H2,1-4H3,(H,93,123)(H,94,124)(H,95,125)(H,96,126)(H,97,127)(H,98,128)(H2,63,67,69)(H2,64,68,70)(H,79,87,91)(H,80,88,92)(H3,65,75,77,89)(H3,66,76,78,90)/t27-,28-,29-,30-,31-,32-,33-,34-,35-,36-,37-,38-,39-,40-,41-,42-,43-,44-,117?,118?,119?,120?,121?,122?/m1/s1. The Balaban J connectivity index is 0.623. The van der Waals surface area contributed by atoms with Crippen molar-refractivity contribution in [3.05, 3.63) is 124 Å². The second-order valence-electron chi connectivity index (χ2n) is 29.6. The lowest BCUT2D eigenvalue weighted by Crippen LogP contribution is -2.33. The van der Waals surface area contributed by atoms with E-state index in [0.29, 0.717) is 6.42 Å². The summed E-state index contributed by atoms with van der Waals surface area (Å²) in [4.78, 5) is 199. The molecule has 16 rings (SSSR count). The number of nitrogens with zero attached hydrogens (tertiary/aromatic N) is 16. The molecular formula is C62H80N24O30P6S6. The molecule has 6 aliphatic heterocycles. The molecule has 66 heteroatoms. The Hall–Kier alpha value is -6.70. The third-order valence-electron chi connectivity index (χ3n) is 21.2. The van der Waals surface area contributed by atoms with Crippen LogP contribution >= 0.6 is 40.3 Å². The maximum absolute atomic E-state index is 13.1. The highest BCUT2D eigenvalue weighted by Gasteiger charge is 2.51. The lowest BCUT2D eigenvalue weighted by atomic mass is 10.1. The van der Waals surface area contributed by atoms with Gasteiger partial charge >= 0.3 is 51.7 Å². The van der Waals surface area contributed by atoms with Gasteiger partial charge in [0.15, 0.2) is 45.3 Å². The number of hydrogen-bond acceptors (Lipinski definition) is 44. The highest BCUT2D eigenvalue weighted by molar-refractivity contribution is 8.08. The maximum Gasteiger partial charge on any atom is 0.330 e. The molecule has 10 aromatic rings. The van der Waals surface area contributed by atoms with Crippen LogP contribution in [0.3, 0.4) is 0 Å². The molecule has 6 fully saturated rings. The van der Waals surface area contributed by atoms with E-state index in [0.717, 1.165) is 11.7 Å². The Morgan fingerprint density at radius 3 is 0.938 bits per heavy atom. The maximum atomic E-state index is 13.1. The van der Waals surface area contributed by atoms with Crippen LogP contribution in [0.2, 0.25) is 0 Å². The zero-order chi connectivity index (χ0) is 91.2. The van der Waals surface area contributed by atoms with Crippen molar-refractivity contribution in [3.63, 3.8) is 0 Å². The van der Waals surface area contributed by atoms with Gasteiger partial charge in [-0.2, -0.15) is 9.97 Å². The number of rotatable bonds is 35. The van der Waals surface area contributed by atoms with Crippen molar-refractivity contribution in [3.8, 4) is 0 Å². The van der Waals surface area contributed by atoms with Crippen LogP contribution < -0.4 is 56.6 Å². The molecule has 6 aliphatic rings. The molecule has 0 bridgehead atoms. The number of ether oxygens (including phenoxy) is 6. The molecule has 0 radical (unpaired) electrons. The minimum atomic E-state index is -4.67. The summed E-state index contributed by atoms with van der Waals surface area (Å²) in [5.74, 6) is -0.525. The number of aromatic nitrogens is 20. The molecular weight excluding hydrogens is 1940 g/mol. The molecule has 24 atom stereocenters. The van der Waals surface area contributed by atoms with Gasteiger partial charge in [0.1, 0.15) is 91.6 Å². The highest BCUT2D eigenvalue weighted by atomic mass is 32.5. The van der Waals surface area contributed by atoms with Crippen LogP contribution in [0.4, 0.5) is 23.5 Å². The summed E-state index contributed by atoms with van der Waals surface area (Å²) in [7, 11) is 1.12. The number of anilines is 4. The molecule has 128 heavy (non-hydrogen) atoms. The van der Waals surface area contributed by atoms with Gasteiger partial charge in [-0.1, -0.05) is 6.92 Å². The van der Waals surface area contributed by atoms with Gasteiger partial charge in [0.25, 0.3) is 22.2 Å². The van der Waals surface area contributed by atoms with E-state index in [9.17, 15) is 58.1 Å². The van der Waals surface area contributed by atoms with Gasteiger partial charge in [-0.3, -0.25) is 66.5 Å². The Morgan fingerprint density at radius 2 is 0.641 bits per heavy atom. The van der Waals surface area contributed by atoms with Crippen LogP contribution in [-0.2, 0) is 154 Å². The van der Waals surface area contributed by atoms with Crippen molar-refractivity contribution in [2.24, 2.45) is 0 Å². The van der Waals surface area contributed by atoms with E-state index < -0.39 is 218 Å². The number of aromatic amines is 4. The van der Waals surface area contributed by atoms with E-state index >= 15 is 0 Å². The average molecular weight is 2020 g/mol. The number of nitrogens with two attached hydrogens (primary N) is 4. The molecule has 0 aliphatic carbocycles. The third-order valence-corrected chi connectivity index (χ3v) is 30.8. The number of nitrogens with one attached hydrogen (secondary N) is 4. The minimum Gasteiger partial charge on any atom is -0.382 e. The lowest BCUT2D eigenvalue weighted by molar-refractivity contribution is -0.0558. The van der Waals surface area contributed by atoms with Gasteiger partial charge in [-0.05, 0) is 91.1 Å². The first kappa shape index (κ1) is 94.5. The quantitative estimate of drug-likeness (QED) is 0.0240. The summed E-state index contributed by atoms with van der Waals surface area (Å²) < 4.78 is 118. The number of hydrogen-bond donors (Lipinski definition) is 14. The first-order chi connectivity index (χ1) is 60.5. The number of aryl methyl sites for hydroxylation is 2. The van der Waals surface area contributed by atoms with Crippen LogP contribution in [-0.4, -0.2) is 240 Å². The lowest BCUT2D eigenvalue weighted by Gasteiger charge is -2.28. The first-order valence-electron chi connectivity index (χ1n) is 38.3. The SMILES string of the molecule is CC[C@H]1O[C@@H](n2cc(C)c(=O)[nH]c2=O)C[C@H]1OP(O)(=S)OC[C@H]1O[C@@H](n2cnc3c(=O)[nH]c(N)nc32)C[C@H]1OP(O)(=S)OC[C@H]1O[C@@H](n2cnc3c(=O)[nH]c(N)nc32)C[C@H]1OP(O)(=S)OC[C@H]1O[C@@H](n2cnc3c(N)ncnc32)C[C@H]1OP(O)(=S)OC[C@H]1O[C@@H](n2cnc3c(N)ncnc32)C[C@H]1OP(O)(=S)OC[C@H]1O[C@@H](n2cc(C)c(=O)[nH]c2=O)C[C@H]1OP(O)(=S)OC. The fourth-order valence-electron chi connectivity index (χ4n) is 15.1. The van der Waals surface area contributed by atoms with Crippen molar-refractivity contribution in [1.82, 2.24) is 97.2 Å². The fourth-order valence-corrected chi connectivity index (χ4v) is 23.5. The van der Waals surface area contributed by atoms with Gasteiger partial charge in [0.2, 0.25) is 11.9 Å². The molecule has 6 unspecified atom stereocenters. The molecule has 0 saturated carbocycles. The normalized spacial score (nSPS) is 29.1. The van der Waals surface area contributed by atoms with Crippen molar-refractivity contribution in [2.45, 2.75) is 176 Å². The zero-order valence-electron chi connectivity index (χ0n) is 66.6. The van der Waals surface area contributed by atoms with Crippen molar-refractivity contribution < 1.29 is 112 Å². The summed E-state index contributed by atoms with van der Waals surface area (Å²) in [6, 6.07) is 0. The molecule has 16 heterocycles. The van der Waals surface area contributed by atoms with E-state index in [1.165, 1.54) is 87.0 Å². The summed E-state index contributed by atoms with van der Waals surface area (Å²) in [6.45, 7) is -25.3. The first-order valence-corrected chi connectivity index (χ1v) is 53.8. The number of nitrogen functional groups attached to an aromatic ring is 4. The van der Waals surface area contributed by atoms with Crippen molar-refractivity contribution in [2.75, 3.05) is 63.1 Å². The molecule has 6 saturated heterocycles. The van der Waals surface area contributed by atoms with Gasteiger partial charge in [-0.15, -0.1) is 0 Å². The van der Waals surface area contributed by atoms with Crippen LogP contribution in [0.25, 0.3) is 44.7 Å². The minimum absolute atomic E-state index is 0.0108. The molecule has 0 spiro atoms. The van der Waals surface area contributed by atoms with Gasteiger partial charge < -0.3 is 135 Å². The second kappa shape index (κ2) is 37.6. The van der Waals surface area contributed by atoms with Gasteiger partial charge in [-0.25, -0.2) is 49.5 Å². The number of H-pyrrole nitrogens is 4. The van der Waals surface area contributed by atoms with Crippen LogP contribution in [0.1, 0.15) is 100 Å². The molecule has 54 nitrogen and oxygen atoms in total. The summed E-state index contributed by atoms with van der Waals surface area (Å²) in [5, 5.41) is 0. The van der Waals surface area contributed by atoms with Gasteiger partial charge in [0, 0.05) is 69.2 Å². The van der Waals surface area contributed by atoms with Crippen molar-refractivity contribution >= 4 is 179 Å². The third kappa shape index (κ3) is 21.0. The monoisotopic (exact) mass is 2020 g/mol. The topological polar surface area (TPSA) is 716 Å². The Bertz CT molecular complexity index is 6610. The summed E-state index contributed by atoms with van der Waals surface area (Å²) >= 11 is 33.4. The average Bonchev–Trinajstić information content (AvgIpc) is 1.59. The Labute approximate surface area is 747 Å². The van der Waals surface area contributed by atoms with Crippen LogP contribution in [0.5, 0.6) is 0 Å². The van der Waals surface area contributed by atoms with E-state index in [2.05, 4.69) is 69.8 Å². The zero-order valence-corrected chi connectivity index (χ0v) is 76.8. The molecule has 10 aromatic heterocycles. The summed E-state index contributed by atoms with van der Waals surface area (Å²) in [5.41, 5.74) is 20.9. The predicted molar refractivity (Wildman–Crippen MR) is 463 cm³/mol. The Morgan fingerprint density at radius 1 is 0.375 bits per heavy atom. The molecule has 0 amide bonds. The fraction of sp³-hybridized carbons (Fsp3) is 0.548. The summed E-state index contributed by atoms with van der Waals surface area (Å²) in [6.07, 6.45) is -12.1. The van der Waals surface area contributed by atoms with E-state index in [4.69, 9.17) is 176 Å². The predicted octanol–water partition coefficient (Wildman–Crippen LogP) is 0.455. The van der Waals surface area contributed by atoms with Crippen molar-refractivity contribution in [1.29, 1.82) is 0 Å².